The molecule has 2 rings (SSSR count). The van der Waals surface area contributed by atoms with Gasteiger partial charge < -0.3 is 15.8 Å². The molecule has 0 unspecified atom stereocenters. The van der Waals surface area contributed by atoms with E-state index in [2.05, 4.69) is 24.4 Å². The largest absolute Gasteiger partial charge is 0.490 e. The van der Waals surface area contributed by atoms with Gasteiger partial charge in [-0.25, -0.2) is 0 Å². The summed E-state index contributed by atoms with van der Waals surface area (Å²) in [4.78, 5) is 0. The standard InChI is InChI=1S/C15H18N2O/c1-12-6-2-4-8-14(12)17-10-11-18-15-9-5-3-7-13(15)16/h2-9,17H,10-11,16H2,1H3. The number of nitrogens with one attached hydrogen (secondary N) is 1. The van der Waals surface area contributed by atoms with E-state index in [0.717, 1.165) is 18.0 Å². The first kappa shape index (κ1) is 12.3. The van der Waals surface area contributed by atoms with Crippen LogP contribution in [0.5, 0.6) is 5.75 Å². The first-order valence-electron chi connectivity index (χ1n) is 6.04. The zero-order chi connectivity index (χ0) is 12.8. The van der Waals surface area contributed by atoms with Gasteiger partial charge in [-0.1, -0.05) is 30.3 Å². The number of ether oxygens (including phenoxy) is 1. The topological polar surface area (TPSA) is 47.3 Å². The van der Waals surface area contributed by atoms with Crippen molar-refractivity contribution in [2.24, 2.45) is 0 Å². The van der Waals surface area contributed by atoms with Crippen molar-refractivity contribution in [3.8, 4) is 5.75 Å². The van der Waals surface area contributed by atoms with Gasteiger partial charge in [-0.05, 0) is 30.7 Å². The highest BCUT2D eigenvalue weighted by molar-refractivity contribution is 5.52. The number of hydrogen-bond donors (Lipinski definition) is 2. The van der Waals surface area contributed by atoms with Crippen LogP contribution in [-0.2, 0) is 0 Å². The van der Waals surface area contributed by atoms with Gasteiger partial charge in [0.25, 0.3) is 0 Å². The minimum Gasteiger partial charge on any atom is -0.490 e. The average Bonchev–Trinajstić information content (AvgIpc) is 2.38. The van der Waals surface area contributed by atoms with E-state index in [1.165, 1.54) is 5.56 Å². The fourth-order valence-electron chi connectivity index (χ4n) is 1.73. The Morgan fingerprint density at radius 3 is 2.56 bits per heavy atom. The summed E-state index contributed by atoms with van der Waals surface area (Å²) in [6, 6.07) is 15.7. The van der Waals surface area contributed by atoms with Gasteiger partial charge in [-0.2, -0.15) is 0 Å². The summed E-state index contributed by atoms with van der Waals surface area (Å²) < 4.78 is 5.61. The summed E-state index contributed by atoms with van der Waals surface area (Å²) in [6.45, 7) is 3.42. The molecule has 0 aliphatic carbocycles. The highest BCUT2D eigenvalue weighted by atomic mass is 16.5. The molecule has 18 heavy (non-hydrogen) atoms. The number of para-hydroxylation sites is 3. The van der Waals surface area contributed by atoms with E-state index >= 15 is 0 Å². The number of nitrogens with two attached hydrogens (primary N) is 1. The predicted molar refractivity (Wildman–Crippen MR) is 76.0 cm³/mol. The van der Waals surface area contributed by atoms with Crippen LogP contribution in [0.3, 0.4) is 0 Å². The highest BCUT2D eigenvalue weighted by Gasteiger charge is 1.98. The smallest absolute Gasteiger partial charge is 0.142 e. The summed E-state index contributed by atoms with van der Waals surface area (Å²) in [6.07, 6.45) is 0. The normalized spacial score (nSPS) is 10.1. The molecule has 0 radical (unpaired) electrons. The number of hydrogen-bond acceptors (Lipinski definition) is 3. The van der Waals surface area contributed by atoms with Crippen LogP contribution in [-0.4, -0.2) is 13.2 Å². The van der Waals surface area contributed by atoms with Gasteiger partial charge in [0.2, 0.25) is 0 Å². The lowest BCUT2D eigenvalue weighted by Crippen LogP contribution is -2.12. The molecule has 0 bridgehead atoms. The molecule has 3 heteroatoms. The molecule has 0 amide bonds. The Bertz CT molecular complexity index is 464. The Balaban J connectivity index is 1.80. The first-order chi connectivity index (χ1) is 8.77. The molecule has 0 atom stereocenters. The second-order valence-electron chi connectivity index (χ2n) is 4.13. The third kappa shape index (κ3) is 3.17. The van der Waals surface area contributed by atoms with E-state index in [9.17, 15) is 0 Å². The Labute approximate surface area is 108 Å². The monoisotopic (exact) mass is 242 g/mol. The average molecular weight is 242 g/mol. The quantitative estimate of drug-likeness (QED) is 0.625. The van der Waals surface area contributed by atoms with Gasteiger partial charge in [-0.3, -0.25) is 0 Å². The van der Waals surface area contributed by atoms with Gasteiger partial charge in [-0.15, -0.1) is 0 Å². The van der Waals surface area contributed by atoms with Crippen molar-refractivity contribution in [3.05, 3.63) is 54.1 Å². The van der Waals surface area contributed by atoms with Crippen LogP contribution in [0.1, 0.15) is 5.56 Å². The van der Waals surface area contributed by atoms with Crippen LogP contribution < -0.4 is 15.8 Å². The molecule has 3 nitrogen and oxygen atoms in total. The fraction of sp³-hybridized carbons (Fsp3) is 0.200. The van der Waals surface area contributed by atoms with Crippen LogP contribution >= 0.6 is 0 Å². The van der Waals surface area contributed by atoms with Crippen LogP contribution in [0.25, 0.3) is 0 Å². The van der Waals surface area contributed by atoms with Crippen LogP contribution in [0.2, 0.25) is 0 Å². The van der Waals surface area contributed by atoms with Crippen molar-refractivity contribution in [1.82, 2.24) is 0 Å². The van der Waals surface area contributed by atoms with Crippen molar-refractivity contribution in [2.75, 3.05) is 24.2 Å². The van der Waals surface area contributed by atoms with Crippen molar-refractivity contribution >= 4 is 11.4 Å². The lowest BCUT2D eigenvalue weighted by atomic mass is 10.2. The molecule has 2 aromatic rings. The van der Waals surface area contributed by atoms with Crippen molar-refractivity contribution in [2.45, 2.75) is 6.92 Å². The van der Waals surface area contributed by atoms with Crippen LogP contribution in [0.4, 0.5) is 11.4 Å². The van der Waals surface area contributed by atoms with Crippen molar-refractivity contribution < 1.29 is 4.74 Å². The van der Waals surface area contributed by atoms with Gasteiger partial charge >= 0.3 is 0 Å². The van der Waals surface area contributed by atoms with Gasteiger partial charge in [0.1, 0.15) is 12.4 Å². The first-order valence-corrected chi connectivity index (χ1v) is 6.04. The Morgan fingerprint density at radius 1 is 1.06 bits per heavy atom. The molecule has 3 N–H and O–H groups in total. The molecule has 94 valence electrons. The molecular weight excluding hydrogens is 224 g/mol. The van der Waals surface area contributed by atoms with Gasteiger partial charge in [0.05, 0.1) is 5.69 Å². The number of nitrogen functional groups attached to an aromatic ring is 1. The van der Waals surface area contributed by atoms with Crippen LogP contribution in [0.15, 0.2) is 48.5 Å². The molecule has 2 aromatic carbocycles. The van der Waals surface area contributed by atoms with Crippen molar-refractivity contribution in [3.63, 3.8) is 0 Å². The van der Waals surface area contributed by atoms with E-state index < -0.39 is 0 Å². The zero-order valence-electron chi connectivity index (χ0n) is 10.5. The lowest BCUT2D eigenvalue weighted by molar-refractivity contribution is 0.334. The van der Waals surface area contributed by atoms with E-state index in [1.807, 2.05) is 36.4 Å². The zero-order valence-corrected chi connectivity index (χ0v) is 10.5. The molecule has 0 fully saturated rings. The van der Waals surface area contributed by atoms with Crippen LogP contribution in [0, 0.1) is 6.92 Å². The number of benzene rings is 2. The minimum absolute atomic E-state index is 0.586. The van der Waals surface area contributed by atoms with Crippen molar-refractivity contribution in [1.29, 1.82) is 0 Å². The summed E-state index contributed by atoms with van der Waals surface area (Å²) in [7, 11) is 0. The molecule has 0 aliphatic heterocycles. The third-order valence-corrected chi connectivity index (χ3v) is 2.74. The van der Waals surface area contributed by atoms with E-state index in [4.69, 9.17) is 10.5 Å². The third-order valence-electron chi connectivity index (χ3n) is 2.74. The molecule has 0 aliphatic rings. The molecule has 0 saturated heterocycles. The molecule has 0 aromatic heterocycles. The Hall–Kier alpha value is -2.16. The van der Waals surface area contributed by atoms with E-state index in [1.54, 1.807) is 0 Å². The van der Waals surface area contributed by atoms with Gasteiger partial charge in [0.15, 0.2) is 0 Å². The molecule has 0 heterocycles. The minimum atomic E-state index is 0.586. The number of aryl methyl sites for hydroxylation is 1. The molecule has 0 saturated carbocycles. The van der Waals surface area contributed by atoms with E-state index in [-0.39, 0.29) is 0 Å². The number of rotatable bonds is 5. The molecular formula is C15H18N2O. The van der Waals surface area contributed by atoms with Gasteiger partial charge in [0, 0.05) is 12.2 Å². The summed E-state index contributed by atoms with van der Waals surface area (Å²) >= 11 is 0. The highest BCUT2D eigenvalue weighted by Crippen LogP contribution is 2.19. The number of anilines is 2. The fourth-order valence-corrected chi connectivity index (χ4v) is 1.73. The Morgan fingerprint density at radius 2 is 1.78 bits per heavy atom. The van der Waals surface area contributed by atoms with E-state index in [0.29, 0.717) is 12.3 Å². The maximum Gasteiger partial charge on any atom is 0.142 e. The summed E-state index contributed by atoms with van der Waals surface area (Å²) in [5.41, 5.74) is 8.84. The predicted octanol–water partition coefficient (Wildman–Crippen LogP) is 3.07. The maximum atomic E-state index is 5.79. The lowest BCUT2D eigenvalue weighted by Gasteiger charge is -2.11. The SMILES string of the molecule is Cc1ccccc1NCCOc1ccccc1N. The molecule has 0 spiro atoms. The second kappa shape index (κ2) is 5.96. The second-order valence-corrected chi connectivity index (χ2v) is 4.13. The summed E-state index contributed by atoms with van der Waals surface area (Å²) in [5.74, 6) is 0.740. The summed E-state index contributed by atoms with van der Waals surface area (Å²) in [5, 5.41) is 3.34. The Kier molecular flexibility index (Phi) is 4.07. The maximum absolute atomic E-state index is 5.79.